The number of nitrogens with one attached hydrogen (secondary N) is 1. The molecule has 15 heavy (non-hydrogen) atoms. The number of pyridine rings is 1. The van der Waals surface area contributed by atoms with Crippen LogP contribution < -0.4 is 5.32 Å². The molecule has 0 aliphatic carbocycles. The minimum Gasteiger partial charge on any atom is -0.395 e. The van der Waals surface area contributed by atoms with Crippen LogP contribution in [0, 0.1) is 0 Å². The van der Waals surface area contributed by atoms with Gasteiger partial charge in [0.25, 0.3) is 0 Å². The molecule has 3 N–H and O–H groups in total. The zero-order valence-electron chi connectivity index (χ0n) is 7.95. The Morgan fingerprint density at radius 3 is 3.00 bits per heavy atom. The standard InChI is InChI=1S/C9H12BrClN2O2/c10-6-1-2-13-9(8(6)11)7(15)5-12-3-4-14/h1-2,7,12,14-15H,3-5H2. The quantitative estimate of drug-likeness (QED) is 0.712. The second kappa shape index (κ2) is 6.40. The Bertz CT molecular complexity index is 325. The first-order chi connectivity index (χ1) is 7.16. The molecule has 0 bridgehead atoms. The van der Waals surface area contributed by atoms with Crippen LogP contribution in [0.2, 0.25) is 5.02 Å². The van der Waals surface area contributed by atoms with Crippen molar-refractivity contribution >= 4 is 27.5 Å². The molecule has 0 radical (unpaired) electrons. The Balaban J connectivity index is 2.65. The smallest absolute Gasteiger partial charge is 0.110 e. The summed E-state index contributed by atoms with van der Waals surface area (Å²) in [4.78, 5) is 4.00. The number of hydrogen-bond acceptors (Lipinski definition) is 4. The summed E-state index contributed by atoms with van der Waals surface area (Å²) in [7, 11) is 0. The number of rotatable bonds is 5. The SMILES string of the molecule is OCCNCC(O)c1nccc(Br)c1Cl. The normalized spacial score (nSPS) is 12.8. The predicted octanol–water partition coefficient (Wildman–Crippen LogP) is 1.11. The van der Waals surface area contributed by atoms with Crippen LogP contribution in [0.15, 0.2) is 16.7 Å². The van der Waals surface area contributed by atoms with E-state index in [1.165, 1.54) is 0 Å². The highest BCUT2D eigenvalue weighted by Crippen LogP contribution is 2.27. The first-order valence-corrected chi connectivity index (χ1v) is 5.63. The number of nitrogens with zero attached hydrogens (tertiary/aromatic N) is 1. The summed E-state index contributed by atoms with van der Waals surface area (Å²) < 4.78 is 0.704. The monoisotopic (exact) mass is 294 g/mol. The fraction of sp³-hybridized carbons (Fsp3) is 0.444. The molecular weight excluding hydrogens is 283 g/mol. The molecule has 0 saturated carbocycles. The summed E-state index contributed by atoms with van der Waals surface area (Å²) in [5, 5.41) is 21.6. The zero-order valence-corrected chi connectivity index (χ0v) is 10.3. The largest absolute Gasteiger partial charge is 0.395 e. The van der Waals surface area contributed by atoms with Crippen molar-refractivity contribution in [1.82, 2.24) is 10.3 Å². The van der Waals surface area contributed by atoms with Crippen molar-refractivity contribution in [1.29, 1.82) is 0 Å². The van der Waals surface area contributed by atoms with Gasteiger partial charge in [0, 0.05) is 23.8 Å². The Kier molecular flexibility index (Phi) is 5.49. The van der Waals surface area contributed by atoms with Crippen molar-refractivity contribution in [2.75, 3.05) is 19.7 Å². The first kappa shape index (κ1) is 12.9. The minimum absolute atomic E-state index is 0.0341. The summed E-state index contributed by atoms with van der Waals surface area (Å²) in [6.07, 6.45) is 0.794. The van der Waals surface area contributed by atoms with Gasteiger partial charge >= 0.3 is 0 Å². The number of aliphatic hydroxyl groups excluding tert-OH is 2. The number of hydrogen-bond donors (Lipinski definition) is 3. The van der Waals surface area contributed by atoms with E-state index in [4.69, 9.17) is 16.7 Å². The van der Waals surface area contributed by atoms with Gasteiger partial charge in [-0.3, -0.25) is 4.98 Å². The molecule has 0 saturated heterocycles. The second-order valence-corrected chi connectivity index (χ2v) is 4.17. The Morgan fingerprint density at radius 1 is 1.60 bits per heavy atom. The van der Waals surface area contributed by atoms with Gasteiger partial charge in [-0.1, -0.05) is 11.6 Å². The molecule has 1 heterocycles. The average Bonchev–Trinajstić information content (AvgIpc) is 2.22. The van der Waals surface area contributed by atoms with Crippen molar-refractivity contribution in [3.05, 3.63) is 27.5 Å². The number of aromatic nitrogens is 1. The van der Waals surface area contributed by atoms with Crippen LogP contribution >= 0.6 is 27.5 Å². The molecule has 84 valence electrons. The number of aliphatic hydroxyl groups is 2. The lowest BCUT2D eigenvalue weighted by Gasteiger charge is -2.12. The van der Waals surface area contributed by atoms with E-state index in [0.717, 1.165) is 0 Å². The van der Waals surface area contributed by atoms with E-state index in [9.17, 15) is 5.11 Å². The van der Waals surface area contributed by atoms with Gasteiger partial charge in [-0.25, -0.2) is 0 Å². The van der Waals surface area contributed by atoms with Gasteiger partial charge < -0.3 is 15.5 Å². The highest BCUT2D eigenvalue weighted by molar-refractivity contribution is 9.10. The molecule has 0 aliphatic rings. The van der Waals surface area contributed by atoms with Gasteiger partial charge in [-0.05, 0) is 22.0 Å². The fourth-order valence-corrected chi connectivity index (χ4v) is 1.64. The molecule has 0 fully saturated rings. The lowest BCUT2D eigenvalue weighted by Crippen LogP contribution is -2.25. The van der Waals surface area contributed by atoms with Crippen LogP contribution in [0.1, 0.15) is 11.8 Å². The molecule has 0 spiro atoms. The van der Waals surface area contributed by atoms with E-state index >= 15 is 0 Å². The van der Waals surface area contributed by atoms with Crippen molar-refractivity contribution < 1.29 is 10.2 Å². The van der Waals surface area contributed by atoms with E-state index in [0.29, 0.717) is 28.3 Å². The first-order valence-electron chi connectivity index (χ1n) is 4.46. The highest BCUT2D eigenvalue weighted by atomic mass is 79.9. The summed E-state index contributed by atoms with van der Waals surface area (Å²) in [5.74, 6) is 0. The third-order valence-corrected chi connectivity index (χ3v) is 3.10. The molecule has 1 aromatic rings. The summed E-state index contributed by atoms with van der Waals surface area (Å²) in [5.41, 5.74) is 0.427. The Hall–Kier alpha value is -0.200. The molecule has 0 aliphatic heterocycles. The van der Waals surface area contributed by atoms with E-state index < -0.39 is 6.10 Å². The molecule has 1 rings (SSSR count). The average molecular weight is 296 g/mol. The molecule has 1 unspecified atom stereocenters. The van der Waals surface area contributed by atoms with E-state index in [1.54, 1.807) is 12.3 Å². The maximum Gasteiger partial charge on any atom is 0.110 e. The maximum atomic E-state index is 9.74. The molecule has 1 aromatic heterocycles. The Labute approximate surface area is 101 Å². The van der Waals surface area contributed by atoms with Crippen LogP contribution in [0.3, 0.4) is 0 Å². The van der Waals surface area contributed by atoms with Gasteiger partial charge in [-0.2, -0.15) is 0 Å². The van der Waals surface area contributed by atoms with Gasteiger partial charge in [0.05, 0.1) is 17.3 Å². The van der Waals surface area contributed by atoms with Crippen LogP contribution in [0.5, 0.6) is 0 Å². The van der Waals surface area contributed by atoms with Crippen molar-refractivity contribution in [2.45, 2.75) is 6.10 Å². The fourth-order valence-electron chi connectivity index (χ4n) is 1.08. The van der Waals surface area contributed by atoms with E-state index in [-0.39, 0.29) is 6.61 Å². The topological polar surface area (TPSA) is 65.4 Å². The predicted molar refractivity (Wildman–Crippen MR) is 61.9 cm³/mol. The second-order valence-electron chi connectivity index (χ2n) is 2.94. The van der Waals surface area contributed by atoms with Gasteiger partial charge in [-0.15, -0.1) is 0 Å². The molecule has 0 aromatic carbocycles. The van der Waals surface area contributed by atoms with Gasteiger partial charge in [0.1, 0.15) is 6.10 Å². The van der Waals surface area contributed by atoms with Crippen LogP contribution in [-0.2, 0) is 0 Å². The van der Waals surface area contributed by atoms with Gasteiger partial charge in [0.15, 0.2) is 0 Å². The van der Waals surface area contributed by atoms with Crippen LogP contribution in [-0.4, -0.2) is 34.9 Å². The van der Waals surface area contributed by atoms with E-state index in [2.05, 4.69) is 26.2 Å². The van der Waals surface area contributed by atoms with Crippen LogP contribution in [0.4, 0.5) is 0 Å². The minimum atomic E-state index is -0.776. The molecule has 1 atom stereocenters. The van der Waals surface area contributed by atoms with Crippen molar-refractivity contribution in [3.63, 3.8) is 0 Å². The summed E-state index contributed by atoms with van der Waals surface area (Å²) in [6.45, 7) is 0.777. The van der Waals surface area contributed by atoms with Crippen molar-refractivity contribution in [3.8, 4) is 0 Å². The third-order valence-electron chi connectivity index (χ3n) is 1.81. The molecule has 0 amide bonds. The maximum absolute atomic E-state index is 9.74. The molecule has 6 heteroatoms. The molecular formula is C9H12BrClN2O2. The zero-order chi connectivity index (χ0) is 11.3. The molecule has 4 nitrogen and oxygen atoms in total. The lowest BCUT2D eigenvalue weighted by atomic mass is 10.2. The summed E-state index contributed by atoms with van der Waals surface area (Å²) >= 11 is 9.21. The van der Waals surface area contributed by atoms with E-state index in [1.807, 2.05) is 0 Å². The highest BCUT2D eigenvalue weighted by Gasteiger charge is 2.14. The Morgan fingerprint density at radius 2 is 2.33 bits per heavy atom. The third kappa shape index (κ3) is 3.70. The van der Waals surface area contributed by atoms with Crippen molar-refractivity contribution in [2.24, 2.45) is 0 Å². The summed E-state index contributed by atoms with van der Waals surface area (Å²) in [6, 6.07) is 1.71. The number of halogens is 2. The van der Waals surface area contributed by atoms with Crippen LogP contribution in [0.25, 0.3) is 0 Å². The lowest BCUT2D eigenvalue weighted by molar-refractivity contribution is 0.166. The van der Waals surface area contributed by atoms with Gasteiger partial charge in [0.2, 0.25) is 0 Å².